The van der Waals surface area contributed by atoms with Crippen LogP contribution in [-0.4, -0.2) is 22.4 Å². The number of H-pyrrole nitrogens is 1. The van der Waals surface area contributed by atoms with Gasteiger partial charge in [-0.25, -0.2) is 4.98 Å². The van der Waals surface area contributed by atoms with E-state index >= 15 is 0 Å². The molecule has 2 aromatic heterocycles. The highest BCUT2D eigenvalue weighted by Gasteiger charge is 2.17. The highest BCUT2D eigenvalue weighted by molar-refractivity contribution is 7.20. The fourth-order valence-corrected chi connectivity index (χ4v) is 3.41. The maximum absolute atomic E-state index is 12.3. The third kappa shape index (κ3) is 2.78. The van der Waals surface area contributed by atoms with E-state index in [1.54, 1.807) is 6.92 Å². The number of carbonyl (C=O) groups is 1. The summed E-state index contributed by atoms with van der Waals surface area (Å²) in [6, 6.07) is 9.98. The molecule has 0 aliphatic carbocycles. The van der Waals surface area contributed by atoms with Crippen LogP contribution in [0.2, 0.25) is 0 Å². The van der Waals surface area contributed by atoms with Gasteiger partial charge in [0.25, 0.3) is 11.5 Å². The molecule has 2 N–H and O–H groups in total. The fraction of sp³-hybridized carbons (Fsp3) is 0.188. The maximum Gasteiger partial charge on any atom is 0.261 e. The largest absolute Gasteiger partial charge is 0.351 e. The molecule has 0 saturated carbocycles. The number of aromatic amines is 1. The van der Waals surface area contributed by atoms with Crippen LogP contribution in [0.15, 0.2) is 41.5 Å². The van der Waals surface area contributed by atoms with E-state index in [2.05, 4.69) is 15.3 Å². The molecule has 0 radical (unpaired) electrons. The smallest absolute Gasteiger partial charge is 0.261 e. The second-order valence-corrected chi connectivity index (χ2v) is 5.96. The predicted molar refractivity (Wildman–Crippen MR) is 87.5 cm³/mol. The average molecular weight is 313 g/mol. The first-order valence-electron chi connectivity index (χ1n) is 6.95. The molecule has 0 saturated heterocycles. The minimum absolute atomic E-state index is 0.157. The number of nitrogens with zero attached hydrogens (tertiary/aromatic N) is 1. The standard InChI is InChI=1S/C16H15N3O2S/c1-10-12-14(20)18-9-19-16(12)22-13(10)15(21)17-8-7-11-5-3-2-4-6-11/h2-6,9H,7-8H2,1H3,(H,17,21)(H,18,19,20). The van der Waals surface area contributed by atoms with E-state index in [4.69, 9.17) is 0 Å². The number of carbonyl (C=O) groups excluding carboxylic acids is 1. The van der Waals surface area contributed by atoms with Crippen LogP contribution < -0.4 is 10.9 Å². The van der Waals surface area contributed by atoms with Crippen LogP contribution in [0, 0.1) is 6.92 Å². The van der Waals surface area contributed by atoms with Crippen molar-refractivity contribution in [1.82, 2.24) is 15.3 Å². The van der Waals surface area contributed by atoms with Gasteiger partial charge in [-0.15, -0.1) is 11.3 Å². The summed E-state index contributed by atoms with van der Waals surface area (Å²) in [4.78, 5) is 31.9. The van der Waals surface area contributed by atoms with Crippen LogP contribution >= 0.6 is 11.3 Å². The molecule has 0 spiro atoms. The normalized spacial score (nSPS) is 10.8. The number of rotatable bonds is 4. The first-order chi connectivity index (χ1) is 10.7. The number of benzene rings is 1. The summed E-state index contributed by atoms with van der Waals surface area (Å²) in [5, 5.41) is 3.40. The first kappa shape index (κ1) is 14.5. The summed E-state index contributed by atoms with van der Waals surface area (Å²) >= 11 is 1.25. The van der Waals surface area contributed by atoms with E-state index in [1.165, 1.54) is 23.2 Å². The zero-order valence-corrected chi connectivity index (χ0v) is 12.9. The Labute approximate surface area is 131 Å². The Morgan fingerprint density at radius 1 is 1.32 bits per heavy atom. The van der Waals surface area contributed by atoms with Gasteiger partial charge in [0.15, 0.2) is 0 Å². The Bertz CT molecular complexity index is 868. The number of fused-ring (bicyclic) bond motifs is 1. The van der Waals surface area contributed by atoms with Gasteiger partial charge in [-0.05, 0) is 24.5 Å². The third-order valence-corrected chi connectivity index (χ3v) is 4.68. The number of thiophene rings is 1. The van der Waals surface area contributed by atoms with Gasteiger partial charge in [0.05, 0.1) is 16.6 Å². The van der Waals surface area contributed by atoms with Crippen molar-refractivity contribution in [1.29, 1.82) is 0 Å². The van der Waals surface area contributed by atoms with Gasteiger partial charge in [-0.1, -0.05) is 30.3 Å². The minimum atomic E-state index is -0.206. The molecule has 112 valence electrons. The quantitative estimate of drug-likeness (QED) is 0.776. The molecule has 22 heavy (non-hydrogen) atoms. The van der Waals surface area contributed by atoms with Crippen molar-refractivity contribution in [2.45, 2.75) is 13.3 Å². The molecule has 5 nitrogen and oxygen atoms in total. The molecule has 0 fully saturated rings. The van der Waals surface area contributed by atoms with E-state index in [9.17, 15) is 9.59 Å². The van der Waals surface area contributed by atoms with Crippen molar-refractivity contribution in [3.8, 4) is 0 Å². The Morgan fingerprint density at radius 3 is 2.82 bits per heavy atom. The van der Waals surface area contributed by atoms with Crippen molar-refractivity contribution >= 4 is 27.5 Å². The Kier molecular flexibility index (Phi) is 4.02. The van der Waals surface area contributed by atoms with Crippen molar-refractivity contribution < 1.29 is 4.79 Å². The monoisotopic (exact) mass is 313 g/mol. The van der Waals surface area contributed by atoms with Crippen molar-refractivity contribution in [2.24, 2.45) is 0 Å². The van der Waals surface area contributed by atoms with Gasteiger partial charge >= 0.3 is 0 Å². The van der Waals surface area contributed by atoms with Crippen LogP contribution in [0.1, 0.15) is 20.8 Å². The van der Waals surface area contributed by atoms with Crippen molar-refractivity contribution in [2.75, 3.05) is 6.54 Å². The van der Waals surface area contributed by atoms with E-state index in [0.717, 1.165) is 6.42 Å². The van der Waals surface area contributed by atoms with E-state index in [1.807, 2.05) is 30.3 Å². The van der Waals surface area contributed by atoms with Crippen LogP contribution in [-0.2, 0) is 6.42 Å². The summed E-state index contributed by atoms with van der Waals surface area (Å²) in [6.45, 7) is 2.34. The average Bonchev–Trinajstić information content (AvgIpc) is 2.87. The van der Waals surface area contributed by atoms with Crippen LogP contribution in [0.5, 0.6) is 0 Å². The predicted octanol–water partition coefficient (Wildman–Crippen LogP) is 2.27. The number of hydrogen-bond acceptors (Lipinski definition) is 4. The van der Waals surface area contributed by atoms with Crippen molar-refractivity contribution in [3.63, 3.8) is 0 Å². The number of amides is 1. The van der Waals surface area contributed by atoms with Crippen LogP contribution in [0.3, 0.4) is 0 Å². The molecule has 1 amide bonds. The molecule has 3 rings (SSSR count). The Balaban J connectivity index is 1.74. The fourth-order valence-electron chi connectivity index (χ4n) is 2.34. The number of aryl methyl sites for hydroxylation is 1. The number of aromatic nitrogens is 2. The number of nitrogens with one attached hydrogen (secondary N) is 2. The molecule has 0 bridgehead atoms. The van der Waals surface area contributed by atoms with Crippen LogP contribution in [0.4, 0.5) is 0 Å². The van der Waals surface area contributed by atoms with Gasteiger partial charge in [-0.2, -0.15) is 0 Å². The molecular weight excluding hydrogens is 298 g/mol. The molecule has 3 aromatic rings. The summed E-state index contributed by atoms with van der Waals surface area (Å²) in [5.41, 5.74) is 1.66. The first-order valence-corrected chi connectivity index (χ1v) is 7.77. The lowest BCUT2D eigenvalue weighted by Crippen LogP contribution is -2.25. The molecule has 2 heterocycles. The zero-order chi connectivity index (χ0) is 15.5. The van der Waals surface area contributed by atoms with E-state index < -0.39 is 0 Å². The molecule has 0 unspecified atom stereocenters. The Hall–Kier alpha value is -2.47. The van der Waals surface area contributed by atoms with Gasteiger partial charge in [0.2, 0.25) is 0 Å². The summed E-state index contributed by atoms with van der Waals surface area (Å²) in [5.74, 6) is -0.157. The SMILES string of the molecule is Cc1c(C(=O)NCCc2ccccc2)sc2nc[nH]c(=O)c12. The van der Waals surface area contributed by atoms with Crippen molar-refractivity contribution in [3.05, 3.63) is 63.0 Å². The highest BCUT2D eigenvalue weighted by atomic mass is 32.1. The second kappa shape index (κ2) is 6.11. The molecule has 0 aliphatic rings. The lowest BCUT2D eigenvalue weighted by molar-refractivity contribution is 0.0957. The number of hydrogen-bond donors (Lipinski definition) is 2. The molecular formula is C16H15N3O2S. The lowest BCUT2D eigenvalue weighted by atomic mass is 10.1. The highest BCUT2D eigenvalue weighted by Crippen LogP contribution is 2.26. The molecule has 0 atom stereocenters. The lowest BCUT2D eigenvalue weighted by Gasteiger charge is -2.04. The maximum atomic E-state index is 12.3. The topological polar surface area (TPSA) is 74.8 Å². The van der Waals surface area contributed by atoms with E-state index in [0.29, 0.717) is 27.2 Å². The third-order valence-electron chi connectivity index (χ3n) is 3.48. The Morgan fingerprint density at radius 2 is 2.09 bits per heavy atom. The molecule has 1 aromatic carbocycles. The second-order valence-electron chi connectivity index (χ2n) is 4.96. The van der Waals surface area contributed by atoms with E-state index in [-0.39, 0.29) is 11.5 Å². The van der Waals surface area contributed by atoms with Crippen LogP contribution in [0.25, 0.3) is 10.2 Å². The summed E-state index contributed by atoms with van der Waals surface area (Å²) in [6.07, 6.45) is 2.13. The zero-order valence-electron chi connectivity index (χ0n) is 12.1. The molecule has 0 aliphatic heterocycles. The van der Waals surface area contributed by atoms with Gasteiger partial charge in [0, 0.05) is 6.54 Å². The van der Waals surface area contributed by atoms with Gasteiger partial charge < -0.3 is 10.3 Å². The van der Waals surface area contributed by atoms with Gasteiger partial charge in [-0.3, -0.25) is 9.59 Å². The molecule has 6 heteroatoms. The van der Waals surface area contributed by atoms with Gasteiger partial charge in [0.1, 0.15) is 4.83 Å². The summed E-state index contributed by atoms with van der Waals surface area (Å²) < 4.78 is 0. The minimum Gasteiger partial charge on any atom is -0.351 e. The summed E-state index contributed by atoms with van der Waals surface area (Å²) in [7, 11) is 0.